The third-order valence-corrected chi connectivity index (χ3v) is 6.87. The van der Waals surface area contributed by atoms with E-state index in [1.165, 1.54) is 0 Å². The first-order valence-electron chi connectivity index (χ1n) is 6.88. The molecular formula is C12H15Br6N3O3. The molecule has 0 saturated carbocycles. The molecule has 12 heteroatoms. The predicted molar refractivity (Wildman–Crippen MR) is 114 cm³/mol. The van der Waals surface area contributed by atoms with Gasteiger partial charge in [0.15, 0.2) is 0 Å². The lowest BCUT2D eigenvalue weighted by Crippen LogP contribution is -2.25. The third-order valence-electron chi connectivity index (χ3n) is 2.53. The summed E-state index contributed by atoms with van der Waals surface area (Å²) in [6.45, 7) is 5.78. The van der Waals surface area contributed by atoms with E-state index in [2.05, 4.69) is 111 Å². The molecule has 0 amide bonds. The maximum atomic E-state index is 5.68. The highest BCUT2D eigenvalue weighted by molar-refractivity contribution is 9.25. The molecule has 1 aromatic rings. The van der Waals surface area contributed by atoms with Crippen LogP contribution in [0.25, 0.3) is 0 Å². The molecule has 6 nitrogen and oxygen atoms in total. The van der Waals surface area contributed by atoms with Gasteiger partial charge in [0.2, 0.25) is 10.3 Å². The second-order valence-electron chi connectivity index (χ2n) is 4.46. The average molecular weight is 729 g/mol. The van der Waals surface area contributed by atoms with Crippen molar-refractivity contribution >= 4 is 95.6 Å². The Kier molecular flexibility index (Phi) is 9.21. The molecule has 0 N–H and O–H groups in total. The predicted octanol–water partition coefficient (Wildman–Crippen LogP) is 6.57. The molecule has 1 heterocycles. The van der Waals surface area contributed by atoms with E-state index in [1.807, 2.05) is 20.8 Å². The quantitative estimate of drug-likeness (QED) is 0.269. The standard InChI is InChI=1S/C12H15Br6N3O3/c1-4-10(13,14)22-7-19-8(23-11(15,16)5-2)21-9(20-7)24-12(17,18)6-3/h4-6H2,1-3H3. The topological polar surface area (TPSA) is 66.4 Å². The van der Waals surface area contributed by atoms with Gasteiger partial charge in [0, 0.05) is 19.3 Å². The summed E-state index contributed by atoms with van der Waals surface area (Å²) in [7, 11) is 0. The Labute approximate surface area is 191 Å². The second kappa shape index (κ2) is 9.48. The number of halogens is 6. The number of alkyl halides is 6. The van der Waals surface area contributed by atoms with Crippen molar-refractivity contribution in [3.63, 3.8) is 0 Å². The smallest absolute Gasteiger partial charge is 0.327 e. The van der Waals surface area contributed by atoms with Gasteiger partial charge in [-0.05, 0) is 95.6 Å². The molecule has 24 heavy (non-hydrogen) atoms. The first-order chi connectivity index (χ1) is 10.9. The van der Waals surface area contributed by atoms with Gasteiger partial charge in [-0.1, -0.05) is 20.8 Å². The van der Waals surface area contributed by atoms with Crippen molar-refractivity contribution in [1.82, 2.24) is 15.0 Å². The van der Waals surface area contributed by atoms with E-state index >= 15 is 0 Å². The van der Waals surface area contributed by atoms with E-state index in [-0.39, 0.29) is 18.0 Å². The van der Waals surface area contributed by atoms with Crippen LogP contribution in [0, 0.1) is 0 Å². The largest absolute Gasteiger partial charge is 0.435 e. The molecule has 0 unspecified atom stereocenters. The third kappa shape index (κ3) is 8.32. The van der Waals surface area contributed by atoms with Gasteiger partial charge in [0.25, 0.3) is 0 Å². The van der Waals surface area contributed by atoms with E-state index in [0.717, 1.165) is 0 Å². The summed E-state index contributed by atoms with van der Waals surface area (Å²) in [5.74, 6) is 0. The highest BCUT2D eigenvalue weighted by Crippen LogP contribution is 2.37. The summed E-state index contributed by atoms with van der Waals surface area (Å²) in [6, 6.07) is 0.137. The molecule has 0 atom stereocenters. The lowest BCUT2D eigenvalue weighted by atomic mass is 10.5. The van der Waals surface area contributed by atoms with Crippen LogP contribution in [0.3, 0.4) is 0 Å². The number of ether oxygens (including phenoxy) is 3. The summed E-state index contributed by atoms with van der Waals surface area (Å²) < 4.78 is 14.6. The van der Waals surface area contributed by atoms with Crippen molar-refractivity contribution in [1.29, 1.82) is 0 Å². The lowest BCUT2D eigenvalue weighted by molar-refractivity contribution is 0.193. The second-order valence-corrected chi connectivity index (χ2v) is 15.3. The first-order valence-corrected chi connectivity index (χ1v) is 11.6. The lowest BCUT2D eigenvalue weighted by Gasteiger charge is -2.23. The summed E-state index contributed by atoms with van der Waals surface area (Å²) in [6.07, 6.45) is 1.86. The van der Waals surface area contributed by atoms with Crippen LogP contribution in [-0.2, 0) is 0 Å². The van der Waals surface area contributed by atoms with Crippen molar-refractivity contribution in [2.24, 2.45) is 0 Å². The van der Waals surface area contributed by atoms with Crippen molar-refractivity contribution in [3.8, 4) is 18.0 Å². The molecule has 0 aliphatic carbocycles. The Morgan fingerprint density at radius 1 is 0.583 bits per heavy atom. The Morgan fingerprint density at radius 3 is 0.958 bits per heavy atom. The monoisotopic (exact) mass is 723 g/mol. The van der Waals surface area contributed by atoms with Gasteiger partial charge in [-0.3, -0.25) is 0 Å². The Bertz CT molecular complexity index is 470. The molecule has 0 radical (unpaired) electrons. The molecule has 1 rings (SSSR count). The van der Waals surface area contributed by atoms with Gasteiger partial charge in [-0.15, -0.1) is 15.0 Å². The minimum Gasteiger partial charge on any atom is -0.435 e. The summed E-state index contributed by atoms with van der Waals surface area (Å²) in [5, 5.41) is 0. The van der Waals surface area contributed by atoms with E-state index in [0.29, 0.717) is 19.3 Å². The maximum Gasteiger partial charge on any atom is 0.327 e. The number of hydrogen-bond acceptors (Lipinski definition) is 6. The molecule has 0 fully saturated rings. The van der Waals surface area contributed by atoms with Crippen LogP contribution in [0.4, 0.5) is 0 Å². The molecule has 0 aliphatic rings. The van der Waals surface area contributed by atoms with Crippen LogP contribution in [0.2, 0.25) is 0 Å². The summed E-state index contributed by atoms with van der Waals surface area (Å²) >= 11 is 20.4. The van der Waals surface area contributed by atoms with E-state index in [9.17, 15) is 0 Å². The maximum absolute atomic E-state index is 5.68. The number of rotatable bonds is 9. The van der Waals surface area contributed by atoms with Gasteiger partial charge in [-0.25, -0.2) is 0 Å². The zero-order valence-corrected chi connectivity index (χ0v) is 22.5. The Balaban J connectivity index is 3.18. The number of aromatic nitrogens is 3. The molecule has 0 aromatic carbocycles. The van der Waals surface area contributed by atoms with Crippen LogP contribution in [0.5, 0.6) is 18.0 Å². The zero-order valence-electron chi connectivity index (χ0n) is 13.0. The highest BCUT2D eigenvalue weighted by atomic mass is 79.9. The van der Waals surface area contributed by atoms with Crippen molar-refractivity contribution in [2.45, 2.75) is 50.3 Å². The van der Waals surface area contributed by atoms with Crippen LogP contribution in [0.1, 0.15) is 40.0 Å². The molecule has 0 aliphatic heterocycles. The summed E-state index contributed by atoms with van der Waals surface area (Å²) in [4.78, 5) is 12.5. The SMILES string of the molecule is CCC(Br)(Br)Oc1nc(OC(Br)(Br)CC)nc(OC(Br)(Br)CC)n1. The normalized spacial score (nSPS) is 12.9. The van der Waals surface area contributed by atoms with E-state index < -0.39 is 10.3 Å². The number of hydrogen-bond donors (Lipinski definition) is 0. The fraction of sp³-hybridized carbons (Fsp3) is 0.750. The molecule has 0 saturated heterocycles. The van der Waals surface area contributed by atoms with E-state index in [1.54, 1.807) is 0 Å². The van der Waals surface area contributed by atoms with Crippen LogP contribution >= 0.6 is 95.6 Å². The van der Waals surface area contributed by atoms with E-state index in [4.69, 9.17) is 14.2 Å². The fourth-order valence-electron chi connectivity index (χ4n) is 1.07. The van der Waals surface area contributed by atoms with Crippen LogP contribution < -0.4 is 14.2 Å². The molecule has 1 aromatic heterocycles. The van der Waals surface area contributed by atoms with Crippen LogP contribution in [-0.4, -0.2) is 25.2 Å². The Hall–Kier alpha value is 1.29. The van der Waals surface area contributed by atoms with Crippen molar-refractivity contribution < 1.29 is 14.2 Å². The molecule has 0 spiro atoms. The number of nitrogens with zero attached hydrogens (tertiary/aromatic N) is 3. The first kappa shape index (κ1) is 23.3. The highest BCUT2D eigenvalue weighted by Gasteiger charge is 2.30. The minimum atomic E-state index is -0.800. The zero-order chi connectivity index (χ0) is 18.6. The molecule has 0 bridgehead atoms. The minimum absolute atomic E-state index is 0.0457. The summed E-state index contributed by atoms with van der Waals surface area (Å²) in [5.41, 5.74) is 0. The van der Waals surface area contributed by atoms with Gasteiger partial charge in [0.05, 0.1) is 0 Å². The Morgan fingerprint density at radius 2 is 0.792 bits per heavy atom. The average Bonchev–Trinajstić information content (AvgIpc) is 2.45. The van der Waals surface area contributed by atoms with Gasteiger partial charge in [0.1, 0.15) is 0 Å². The van der Waals surface area contributed by atoms with Gasteiger partial charge < -0.3 is 14.2 Å². The molecular weight excluding hydrogens is 714 g/mol. The molecule has 138 valence electrons. The van der Waals surface area contributed by atoms with Gasteiger partial charge >= 0.3 is 18.0 Å². The van der Waals surface area contributed by atoms with Crippen LogP contribution in [0.15, 0.2) is 0 Å². The van der Waals surface area contributed by atoms with Gasteiger partial charge in [-0.2, -0.15) is 0 Å². The van der Waals surface area contributed by atoms with Crippen molar-refractivity contribution in [3.05, 3.63) is 0 Å². The fourth-order valence-corrected chi connectivity index (χ4v) is 1.94. The van der Waals surface area contributed by atoms with Crippen molar-refractivity contribution in [2.75, 3.05) is 0 Å².